The zero-order valence-electron chi connectivity index (χ0n) is 15.7. The molecule has 0 atom stereocenters. The Balaban J connectivity index is 1.32. The summed E-state index contributed by atoms with van der Waals surface area (Å²) in [7, 11) is 0. The first-order valence-electron chi connectivity index (χ1n) is 9.31. The molecule has 0 N–H and O–H groups in total. The van der Waals surface area contributed by atoms with E-state index in [-0.39, 0.29) is 18.5 Å². The SMILES string of the molecule is O=C(c1ccn(COc2ccc(Br)cc2)n1)N1CCN(c2ccccc2F)CC1. The molecule has 1 amide bonds. The molecule has 3 aromatic rings. The summed E-state index contributed by atoms with van der Waals surface area (Å²) < 4.78 is 22.2. The average molecular weight is 459 g/mol. The van der Waals surface area contributed by atoms with Crippen LogP contribution in [0.1, 0.15) is 10.5 Å². The standard InChI is InChI=1S/C21H20BrFN4O2/c22-16-5-7-17(8-6-16)29-15-27-10-9-19(24-27)21(28)26-13-11-25(12-14-26)20-4-2-1-3-18(20)23/h1-10H,11-15H2. The average Bonchev–Trinajstić information content (AvgIpc) is 3.22. The Bertz CT molecular complexity index is 984. The molecule has 1 aliphatic rings. The fourth-order valence-corrected chi connectivity index (χ4v) is 3.50. The van der Waals surface area contributed by atoms with E-state index in [0.717, 1.165) is 10.2 Å². The summed E-state index contributed by atoms with van der Waals surface area (Å²) in [5.74, 6) is 0.359. The third-order valence-electron chi connectivity index (χ3n) is 4.80. The largest absolute Gasteiger partial charge is 0.471 e. The van der Waals surface area contributed by atoms with Gasteiger partial charge in [-0.1, -0.05) is 28.1 Å². The minimum absolute atomic E-state index is 0.124. The van der Waals surface area contributed by atoms with Gasteiger partial charge in [-0.3, -0.25) is 4.79 Å². The number of nitrogens with zero attached hydrogens (tertiary/aromatic N) is 4. The van der Waals surface area contributed by atoms with E-state index >= 15 is 0 Å². The molecule has 29 heavy (non-hydrogen) atoms. The fourth-order valence-electron chi connectivity index (χ4n) is 3.24. The van der Waals surface area contributed by atoms with Crippen molar-refractivity contribution in [3.63, 3.8) is 0 Å². The number of benzene rings is 2. The molecule has 150 valence electrons. The third-order valence-corrected chi connectivity index (χ3v) is 5.33. The van der Waals surface area contributed by atoms with Gasteiger partial charge >= 0.3 is 0 Å². The quantitative estimate of drug-likeness (QED) is 0.583. The molecule has 6 nitrogen and oxygen atoms in total. The lowest BCUT2D eigenvalue weighted by Gasteiger charge is -2.35. The zero-order valence-corrected chi connectivity index (χ0v) is 17.3. The predicted molar refractivity (Wildman–Crippen MR) is 112 cm³/mol. The highest BCUT2D eigenvalue weighted by molar-refractivity contribution is 9.10. The van der Waals surface area contributed by atoms with Gasteiger partial charge in [-0.2, -0.15) is 5.10 Å². The van der Waals surface area contributed by atoms with Crippen LogP contribution in [0, 0.1) is 5.82 Å². The molecule has 4 rings (SSSR count). The lowest BCUT2D eigenvalue weighted by molar-refractivity contribution is 0.0738. The van der Waals surface area contributed by atoms with Gasteiger partial charge in [0.05, 0.1) is 5.69 Å². The number of piperazine rings is 1. The van der Waals surface area contributed by atoms with E-state index in [0.29, 0.717) is 37.6 Å². The van der Waals surface area contributed by atoms with Crippen molar-refractivity contribution < 1.29 is 13.9 Å². The molecule has 1 aliphatic heterocycles. The number of halogens is 2. The molecule has 0 spiro atoms. The Morgan fingerprint density at radius 1 is 1.03 bits per heavy atom. The summed E-state index contributed by atoms with van der Waals surface area (Å²) in [6.45, 7) is 2.43. The van der Waals surface area contributed by atoms with Crippen LogP contribution in [-0.2, 0) is 6.73 Å². The van der Waals surface area contributed by atoms with E-state index in [2.05, 4.69) is 21.0 Å². The van der Waals surface area contributed by atoms with Crippen LogP contribution >= 0.6 is 15.9 Å². The maximum absolute atomic E-state index is 14.0. The van der Waals surface area contributed by atoms with Gasteiger partial charge in [0.15, 0.2) is 12.4 Å². The highest BCUT2D eigenvalue weighted by Crippen LogP contribution is 2.21. The van der Waals surface area contributed by atoms with Crippen LogP contribution in [0.5, 0.6) is 5.75 Å². The smallest absolute Gasteiger partial charge is 0.274 e. The van der Waals surface area contributed by atoms with Crippen LogP contribution in [0.15, 0.2) is 65.3 Å². The highest BCUT2D eigenvalue weighted by atomic mass is 79.9. The molecule has 1 fully saturated rings. The molecule has 2 aromatic carbocycles. The molecule has 2 heterocycles. The Morgan fingerprint density at radius 2 is 1.76 bits per heavy atom. The van der Waals surface area contributed by atoms with Crippen molar-refractivity contribution in [3.8, 4) is 5.75 Å². The van der Waals surface area contributed by atoms with Crippen molar-refractivity contribution in [1.82, 2.24) is 14.7 Å². The minimum atomic E-state index is -0.239. The molecule has 1 aromatic heterocycles. The number of amides is 1. The third kappa shape index (κ3) is 4.59. The van der Waals surface area contributed by atoms with Gasteiger partial charge < -0.3 is 14.5 Å². The van der Waals surface area contributed by atoms with Crippen molar-refractivity contribution >= 4 is 27.5 Å². The Morgan fingerprint density at radius 3 is 2.48 bits per heavy atom. The number of para-hydroxylation sites is 1. The Hall–Kier alpha value is -2.87. The van der Waals surface area contributed by atoms with Gasteiger partial charge in [0, 0.05) is 36.8 Å². The first-order valence-corrected chi connectivity index (χ1v) is 10.1. The van der Waals surface area contributed by atoms with Gasteiger partial charge in [-0.15, -0.1) is 0 Å². The molecule has 1 saturated heterocycles. The van der Waals surface area contributed by atoms with Gasteiger partial charge in [0.25, 0.3) is 5.91 Å². The molecule has 8 heteroatoms. The van der Waals surface area contributed by atoms with Crippen LogP contribution in [0.2, 0.25) is 0 Å². The number of hydrogen-bond donors (Lipinski definition) is 0. The van der Waals surface area contributed by atoms with Crippen molar-refractivity contribution in [2.75, 3.05) is 31.1 Å². The summed E-state index contributed by atoms with van der Waals surface area (Å²) in [6.07, 6.45) is 1.72. The summed E-state index contributed by atoms with van der Waals surface area (Å²) in [6, 6.07) is 15.9. The van der Waals surface area contributed by atoms with E-state index in [4.69, 9.17) is 4.74 Å². The second kappa shape index (κ2) is 8.65. The highest BCUT2D eigenvalue weighted by Gasteiger charge is 2.24. The van der Waals surface area contributed by atoms with Gasteiger partial charge in [0.1, 0.15) is 11.6 Å². The van der Waals surface area contributed by atoms with Crippen LogP contribution in [0.25, 0.3) is 0 Å². The van der Waals surface area contributed by atoms with Crippen LogP contribution < -0.4 is 9.64 Å². The maximum atomic E-state index is 14.0. The van der Waals surface area contributed by atoms with Gasteiger partial charge in [0.2, 0.25) is 0 Å². The summed E-state index contributed by atoms with van der Waals surface area (Å²) in [4.78, 5) is 16.5. The number of rotatable bonds is 5. The zero-order chi connectivity index (χ0) is 20.2. The molecule has 0 unspecified atom stereocenters. The lowest BCUT2D eigenvalue weighted by atomic mass is 10.2. The molecule has 0 aliphatic carbocycles. The van der Waals surface area contributed by atoms with E-state index in [9.17, 15) is 9.18 Å². The van der Waals surface area contributed by atoms with Crippen LogP contribution in [0.3, 0.4) is 0 Å². The maximum Gasteiger partial charge on any atom is 0.274 e. The second-order valence-corrected chi connectivity index (χ2v) is 7.61. The van der Waals surface area contributed by atoms with E-state index < -0.39 is 0 Å². The molecular formula is C21H20BrFN4O2. The second-order valence-electron chi connectivity index (χ2n) is 6.70. The van der Waals surface area contributed by atoms with Gasteiger partial charge in [-0.05, 0) is 42.5 Å². The summed E-state index contributed by atoms with van der Waals surface area (Å²) >= 11 is 3.38. The fraction of sp³-hybridized carbons (Fsp3) is 0.238. The van der Waals surface area contributed by atoms with Crippen molar-refractivity contribution in [3.05, 3.63) is 76.8 Å². The van der Waals surface area contributed by atoms with E-state index in [1.54, 1.807) is 34.0 Å². The van der Waals surface area contributed by atoms with Crippen LogP contribution in [0.4, 0.5) is 10.1 Å². The molecule has 0 radical (unpaired) electrons. The number of anilines is 1. The Kier molecular flexibility index (Phi) is 5.80. The number of carbonyl (C=O) groups excluding carboxylic acids is 1. The molecule has 0 bridgehead atoms. The summed E-state index contributed by atoms with van der Waals surface area (Å²) in [5, 5.41) is 4.33. The van der Waals surface area contributed by atoms with E-state index in [1.807, 2.05) is 35.2 Å². The number of carbonyl (C=O) groups is 1. The number of hydrogen-bond acceptors (Lipinski definition) is 4. The topological polar surface area (TPSA) is 50.6 Å². The first-order chi connectivity index (χ1) is 14.1. The number of ether oxygens (including phenoxy) is 1. The normalized spacial score (nSPS) is 14.1. The van der Waals surface area contributed by atoms with Crippen molar-refractivity contribution in [2.45, 2.75) is 6.73 Å². The first kappa shape index (κ1) is 19.4. The van der Waals surface area contributed by atoms with E-state index in [1.165, 1.54) is 6.07 Å². The van der Waals surface area contributed by atoms with Crippen molar-refractivity contribution in [1.29, 1.82) is 0 Å². The van der Waals surface area contributed by atoms with Gasteiger partial charge in [-0.25, -0.2) is 9.07 Å². The number of aromatic nitrogens is 2. The Labute approximate surface area is 176 Å². The molecular weight excluding hydrogens is 439 g/mol. The summed E-state index contributed by atoms with van der Waals surface area (Å²) in [5.41, 5.74) is 0.956. The molecule has 0 saturated carbocycles. The van der Waals surface area contributed by atoms with Crippen molar-refractivity contribution in [2.24, 2.45) is 0 Å². The predicted octanol–water partition coefficient (Wildman–Crippen LogP) is 3.78. The lowest BCUT2D eigenvalue weighted by Crippen LogP contribution is -2.49. The minimum Gasteiger partial charge on any atom is -0.471 e. The monoisotopic (exact) mass is 458 g/mol. The van der Waals surface area contributed by atoms with Crippen LogP contribution in [-0.4, -0.2) is 46.8 Å².